The second-order valence-corrected chi connectivity index (χ2v) is 17.5. The fraction of sp³-hybridized carbons (Fsp3) is 0.917. The molecule has 4 spiro atoms. The molecule has 8 aliphatic rings. The summed E-state index contributed by atoms with van der Waals surface area (Å²) in [5.41, 5.74) is 2.54. The molecular weight excluding hydrogens is 585 g/mol. The first kappa shape index (κ1) is 34.0. The Morgan fingerprint density at radius 2 is 0.651 bits per heavy atom. The molecule has 4 saturated carbocycles. The predicted molar refractivity (Wildman–Crippen MR) is 195 cm³/mol. The molecule has 4 nitrogen and oxygen atoms in total. The highest BCUT2D eigenvalue weighted by Crippen LogP contribution is 2.44. The van der Waals surface area contributed by atoms with Gasteiger partial charge in [-0.2, -0.15) is 0 Å². The summed E-state index contributed by atoms with van der Waals surface area (Å²) in [7, 11) is 0. The molecule has 4 heterocycles. The highest BCUT2D eigenvalue weighted by atomic mass is 32.1. The molecule has 0 aromatic carbocycles. The maximum absolute atomic E-state index is 5.21. The average molecular weight is 647 g/mol. The summed E-state index contributed by atoms with van der Waals surface area (Å²) in [5, 5.41) is 13.4. The molecule has 0 unspecified atom stereocenters. The van der Waals surface area contributed by atoms with E-state index < -0.39 is 0 Å². The first-order valence-corrected chi connectivity index (χ1v) is 19.6. The third-order valence-electron chi connectivity index (χ3n) is 12.6. The Morgan fingerprint density at radius 1 is 0.349 bits per heavy atom. The van der Waals surface area contributed by atoms with Gasteiger partial charge >= 0.3 is 0 Å². The maximum atomic E-state index is 5.21. The maximum Gasteiger partial charge on any atom is 0.0759 e. The van der Waals surface area contributed by atoms with Crippen molar-refractivity contribution < 1.29 is 0 Å². The molecule has 43 heavy (non-hydrogen) atoms. The topological polar surface area (TPSA) is 48.1 Å². The molecule has 4 N–H and O–H groups in total. The quantitative estimate of drug-likeness (QED) is 0.197. The summed E-state index contributed by atoms with van der Waals surface area (Å²) < 4.78 is 0. The van der Waals surface area contributed by atoms with Crippen molar-refractivity contribution in [1.82, 2.24) is 21.3 Å². The summed E-state index contributed by atoms with van der Waals surface area (Å²) >= 11 is 15.5. The Bertz CT molecular complexity index is 915. The van der Waals surface area contributed by atoms with Crippen LogP contribution in [0, 0.1) is 21.7 Å². The third-order valence-corrected chi connectivity index (χ3v) is 13.4. The number of nitrogens with one attached hydrogen (secondary N) is 4. The molecule has 0 aromatic heterocycles. The highest BCUT2D eigenvalue weighted by Gasteiger charge is 2.39. The summed E-state index contributed by atoms with van der Waals surface area (Å²) in [6.07, 6.45) is 33.7. The Kier molecular flexibility index (Phi) is 12.6. The smallest absolute Gasteiger partial charge is 0.0759 e. The van der Waals surface area contributed by atoms with E-state index >= 15 is 0 Å². The van der Waals surface area contributed by atoms with Crippen LogP contribution < -0.4 is 21.3 Å². The van der Waals surface area contributed by atoms with Gasteiger partial charge in [0.05, 0.1) is 15.0 Å². The van der Waals surface area contributed by atoms with E-state index in [-0.39, 0.29) is 0 Å². The SMILES string of the molecule is C1CCC2(CC1)CCNC2.S=C1CC2(CCCC2)CN1.S=C1CC2(CCCCC2)CN1.S=C1CC2(CCCCCC2)CN1. The number of thiocarbonyl (C=S) groups is 3. The molecule has 4 saturated heterocycles. The van der Waals surface area contributed by atoms with Gasteiger partial charge in [0.25, 0.3) is 0 Å². The van der Waals surface area contributed by atoms with Crippen molar-refractivity contribution in [3.8, 4) is 0 Å². The Morgan fingerprint density at radius 3 is 0.930 bits per heavy atom. The van der Waals surface area contributed by atoms with Crippen molar-refractivity contribution in [2.24, 2.45) is 21.7 Å². The van der Waals surface area contributed by atoms with Crippen LogP contribution in [0.25, 0.3) is 0 Å². The van der Waals surface area contributed by atoms with Crippen molar-refractivity contribution in [3.05, 3.63) is 0 Å². The Balaban J connectivity index is 0.000000114. The second kappa shape index (κ2) is 16.0. The minimum absolute atomic E-state index is 0.577. The van der Waals surface area contributed by atoms with Crippen LogP contribution in [0.3, 0.4) is 0 Å². The highest BCUT2D eigenvalue weighted by molar-refractivity contribution is 7.80. The van der Waals surface area contributed by atoms with E-state index in [1.807, 2.05) is 0 Å². The van der Waals surface area contributed by atoms with E-state index in [1.54, 1.807) is 0 Å². The van der Waals surface area contributed by atoms with Crippen LogP contribution in [0.15, 0.2) is 0 Å². The zero-order valence-electron chi connectivity index (χ0n) is 27.2. The largest absolute Gasteiger partial charge is 0.379 e. The molecule has 244 valence electrons. The standard InChI is InChI=1S/C10H17NS.C9H15NS.C9H17N.C8H13NS/c12-9-7-10(8-11-9)5-3-1-2-4-6-10;11-8-6-9(7-10-8)4-2-1-3-5-9;1-2-4-9(5-3-1)6-7-10-8-9;10-7-5-8(6-9-7)3-1-2-4-8/h1-8H2,(H,11,12);1-7H2,(H,10,11);10H,1-8H2;1-6H2,(H,9,10). The Hall–Kier alpha value is -0.370. The van der Waals surface area contributed by atoms with Gasteiger partial charge in [-0.1, -0.05) is 114 Å². The molecule has 0 aromatic rings. The van der Waals surface area contributed by atoms with E-state index in [2.05, 4.69) is 21.3 Å². The van der Waals surface area contributed by atoms with Gasteiger partial charge in [-0.3, -0.25) is 0 Å². The molecule has 4 aliphatic carbocycles. The molecular formula is C36H62N4S3. The van der Waals surface area contributed by atoms with E-state index in [4.69, 9.17) is 36.7 Å². The zero-order valence-corrected chi connectivity index (χ0v) is 29.7. The lowest BCUT2D eigenvalue weighted by atomic mass is 9.74. The fourth-order valence-corrected chi connectivity index (χ4v) is 10.9. The molecule has 0 bridgehead atoms. The summed E-state index contributed by atoms with van der Waals surface area (Å²) in [4.78, 5) is 3.31. The normalized spacial score (nSPS) is 29.4. The lowest BCUT2D eigenvalue weighted by Crippen LogP contribution is -2.26. The number of hydrogen-bond acceptors (Lipinski definition) is 4. The van der Waals surface area contributed by atoms with Gasteiger partial charge in [0.15, 0.2) is 0 Å². The molecule has 0 radical (unpaired) electrons. The number of hydrogen-bond donors (Lipinski definition) is 4. The van der Waals surface area contributed by atoms with Gasteiger partial charge in [0.1, 0.15) is 0 Å². The van der Waals surface area contributed by atoms with Crippen LogP contribution in [0.2, 0.25) is 0 Å². The van der Waals surface area contributed by atoms with Gasteiger partial charge in [-0.15, -0.1) is 0 Å². The van der Waals surface area contributed by atoms with Crippen LogP contribution in [-0.2, 0) is 0 Å². The van der Waals surface area contributed by atoms with Gasteiger partial charge in [0, 0.05) is 45.4 Å². The van der Waals surface area contributed by atoms with Crippen LogP contribution in [0.5, 0.6) is 0 Å². The first-order valence-electron chi connectivity index (χ1n) is 18.3. The van der Waals surface area contributed by atoms with Crippen LogP contribution >= 0.6 is 36.7 Å². The van der Waals surface area contributed by atoms with E-state index in [1.165, 1.54) is 167 Å². The van der Waals surface area contributed by atoms with Gasteiger partial charge in [-0.25, -0.2) is 0 Å². The average Bonchev–Trinajstić information content (AvgIpc) is 3.84. The minimum Gasteiger partial charge on any atom is -0.379 e. The van der Waals surface area contributed by atoms with Crippen LogP contribution in [-0.4, -0.2) is 47.7 Å². The molecule has 0 atom stereocenters. The van der Waals surface area contributed by atoms with Crippen molar-refractivity contribution >= 4 is 51.6 Å². The summed E-state index contributed by atoms with van der Waals surface area (Å²) in [6, 6.07) is 0. The van der Waals surface area contributed by atoms with Gasteiger partial charge in [-0.05, 0) is 86.0 Å². The van der Waals surface area contributed by atoms with Gasteiger partial charge in [0.2, 0.25) is 0 Å². The zero-order chi connectivity index (χ0) is 30.1. The minimum atomic E-state index is 0.577. The van der Waals surface area contributed by atoms with Crippen LogP contribution in [0.1, 0.15) is 154 Å². The van der Waals surface area contributed by atoms with E-state index in [0.717, 1.165) is 40.0 Å². The third kappa shape index (κ3) is 9.81. The number of rotatable bonds is 0. The fourth-order valence-electron chi connectivity index (χ4n) is 9.75. The Labute approximate surface area is 280 Å². The lowest BCUT2D eigenvalue weighted by molar-refractivity contribution is 0.216. The monoisotopic (exact) mass is 646 g/mol. The van der Waals surface area contributed by atoms with E-state index in [0.29, 0.717) is 16.2 Å². The molecule has 4 aliphatic heterocycles. The van der Waals surface area contributed by atoms with Crippen molar-refractivity contribution in [3.63, 3.8) is 0 Å². The van der Waals surface area contributed by atoms with Gasteiger partial charge < -0.3 is 21.3 Å². The summed E-state index contributed by atoms with van der Waals surface area (Å²) in [6.45, 7) is 6.07. The first-order chi connectivity index (χ1) is 20.8. The molecule has 0 amide bonds. The predicted octanol–water partition coefficient (Wildman–Crippen LogP) is 8.70. The van der Waals surface area contributed by atoms with Crippen molar-refractivity contribution in [1.29, 1.82) is 0 Å². The summed E-state index contributed by atoms with van der Waals surface area (Å²) in [5.74, 6) is 0. The van der Waals surface area contributed by atoms with Crippen molar-refractivity contribution in [2.45, 2.75) is 154 Å². The van der Waals surface area contributed by atoms with E-state index in [9.17, 15) is 0 Å². The molecule has 8 fully saturated rings. The molecule has 8 rings (SSSR count). The second-order valence-electron chi connectivity index (χ2n) is 16.0. The molecule has 7 heteroatoms. The lowest BCUT2D eigenvalue weighted by Gasteiger charge is -2.32. The van der Waals surface area contributed by atoms with Crippen LogP contribution in [0.4, 0.5) is 0 Å². The van der Waals surface area contributed by atoms with Crippen molar-refractivity contribution in [2.75, 3.05) is 32.7 Å².